The van der Waals surface area contributed by atoms with Gasteiger partial charge in [0.25, 0.3) is 0 Å². The Kier molecular flexibility index (Phi) is 5.92. The summed E-state index contributed by atoms with van der Waals surface area (Å²) in [7, 11) is 1.88. The molecule has 0 amide bonds. The van der Waals surface area contributed by atoms with Crippen LogP contribution in [0.25, 0.3) is 0 Å². The van der Waals surface area contributed by atoms with Crippen LogP contribution >= 0.6 is 12.4 Å². The van der Waals surface area contributed by atoms with Gasteiger partial charge in [0, 0.05) is 12.5 Å². The maximum Gasteiger partial charge on any atom is 0.231 e. The second-order valence-electron chi connectivity index (χ2n) is 4.27. The lowest BCUT2D eigenvalue weighted by atomic mass is 10.1. The van der Waals surface area contributed by atoms with Crippen molar-refractivity contribution in [2.24, 2.45) is 0 Å². The van der Waals surface area contributed by atoms with Gasteiger partial charge >= 0.3 is 0 Å². The summed E-state index contributed by atoms with van der Waals surface area (Å²) in [6.07, 6.45) is 1.02. The number of nitrogens with zero attached hydrogens (tertiary/aromatic N) is 2. The van der Waals surface area contributed by atoms with Crippen LogP contribution in [0.15, 0.2) is 28.8 Å². The van der Waals surface area contributed by atoms with Gasteiger partial charge in [-0.05, 0) is 25.6 Å². The zero-order valence-electron chi connectivity index (χ0n) is 10.9. The van der Waals surface area contributed by atoms with Crippen LogP contribution in [0.3, 0.4) is 0 Å². The highest BCUT2D eigenvalue weighted by Gasteiger charge is 2.11. The molecule has 0 saturated carbocycles. The molecule has 2 aromatic rings. The van der Waals surface area contributed by atoms with Crippen molar-refractivity contribution in [3.63, 3.8) is 0 Å². The van der Waals surface area contributed by atoms with Gasteiger partial charge in [-0.3, -0.25) is 0 Å². The Bertz CT molecular complexity index is 518. The monoisotopic (exact) mass is 285 g/mol. The van der Waals surface area contributed by atoms with E-state index in [1.807, 2.05) is 14.0 Å². The smallest absolute Gasteiger partial charge is 0.231 e. The van der Waals surface area contributed by atoms with Gasteiger partial charge in [-0.15, -0.1) is 12.4 Å². The standard InChI is InChI=1S/C13H16FN3O.ClH/c1-9(15-2)7-12-16-13(18-17-12)8-10-5-3-4-6-11(10)14;/h3-6,9,15H,7-8H2,1-2H3;1H. The van der Waals surface area contributed by atoms with E-state index in [2.05, 4.69) is 15.5 Å². The van der Waals surface area contributed by atoms with Crippen molar-refractivity contribution in [2.75, 3.05) is 7.05 Å². The molecule has 0 saturated heterocycles. The Labute approximate surface area is 117 Å². The quantitative estimate of drug-likeness (QED) is 0.916. The fourth-order valence-corrected chi connectivity index (χ4v) is 1.63. The topological polar surface area (TPSA) is 51.0 Å². The molecule has 19 heavy (non-hydrogen) atoms. The molecule has 1 atom stereocenters. The second kappa shape index (κ2) is 7.21. The van der Waals surface area contributed by atoms with Gasteiger partial charge in [0.05, 0.1) is 6.42 Å². The molecule has 0 radical (unpaired) electrons. The summed E-state index contributed by atoms with van der Waals surface area (Å²) in [5.41, 5.74) is 0.564. The maximum atomic E-state index is 13.4. The van der Waals surface area contributed by atoms with E-state index in [4.69, 9.17) is 4.52 Å². The van der Waals surface area contributed by atoms with Gasteiger partial charge in [-0.1, -0.05) is 23.4 Å². The molecule has 104 valence electrons. The van der Waals surface area contributed by atoms with E-state index in [9.17, 15) is 4.39 Å². The van der Waals surface area contributed by atoms with E-state index in [1.165, 1.54) is 6.07 Å². The zero-order valence-corrected chi connectivity index (χ0v) is 11.7. The minimum absolute atomic E-state index is 0. The number of aromatic nitrogens is 2. The number of nitrogens with one attached hydrogen (secondary N) is 1. The highest BCUT2D eigenvalue weighted by Crippen LogP contribution is 2.12. The minimum atomic E-state index is -0.249. The highest BCUT2D eigenvalue weighted by atomic mass is 35.5. The third kappa shape index (κ3) is 4.29. The minimum Gasteiger partial charge on any atom is -0.339 e. The first-order chi connectivity index (χ1) is 8.69. The molecule has 2 rings (SSSR count). The van der Waals surface area contributed by atoms with E-state index >= 15 is 0 Å². The van der Waals surface area contributed by atoms with E-state index in [-0.39, 0.29) is 24.3 Å². The van der Waals surface area contributed by atoms with Crippen LogP contribution in [0.4, 0.5) is 4.39 Å². The average Bonchev–Trinajstić information content (AvgIpc) is 2.79. The number of benzene rings is 1. The van der Waals surface area contributed by atoms with Gasteiger partial charge in [-0.2, -0.15) is 4.98 Å². The zero-order chi connectivity index (χ0) is 13.0. The summed E-state index contributed by atoms with van der Waals surface area (Å²) >= 11 is 0. The fraction of sp³-hybridized carbons (Fsp3) is 0.385. The van der Waals surface area contributed by atoms with Crippen LogP contribution in [0.1, 0.15) is 24.2 Å². The fourth-order valence-electron chi connectivity index (χ4n) is 1.63. The van der Waals surface area contributed by atoms with Crippen molar-refractivity contribution in [1.29, 1.82) is 0 Å². The molecule has 1 aromatic carbocycles. The molecule has 0 bridgehead atoms. The van der Waals surface area contributed by atoms with Crippen molar-refractivity contribution in [2.45, 2.75) is 25.8 Å². The number of likely N-dealkylation sites (N-methyl/N-ethyl adjacent to an activating group) is 1. The summed E-state index contributed by atoms with van der Waals surface area (Å²) in [5, 5.41) is 6.98. The van der Waals surface area contributed by atoms with Gasteiger partial charge < -0.3 is 9.84 Å². The second-order valence-corrected chi connectivity index (χ2v) is 4.27. The summed E-state index contributed by atoms with van der Waals surface area (Å²) in [6, 6.07) is 6.88. The van der Waals surface area contributed by atoms with E-state index < -0.39 is 0 Å². The number of hydrogen-bond acceptors (Lipinski definition) is 4. The van der Waals surface area contributed by atoms with Gasteiger partial charge in [0.2, 0.25) is 5.89 Å². The SMILES string of the molecule is CNC(C)Cc1noc(Cc2ccccc2F)n1.Cl. The molecule has 0 spiro atoms. The van der Waals surface area contributed by atoms with E-state index in [1.54, 1.807) is 18.2 Å². The van der Waals surface area contributed by atoms with Crippen molar-refractivity contribution in [3.8, 4) is 0 Å². The molecule has 4 nitrogen and oxygen atoms in total. The van der Waals surface area contributed by atoms with Crippen LogP contribution < -0.4 is 5.32 Å². The largest absolute Gasteiger partial charge is 0.339 e. The molecule has 1 N–H and O–H groups in total. The van der Waals surface area contributed by atoms with Gasteiger partial charge in [-0.25, -0.2) is 4.39 Å². The first kappa shape index (κ1) is 15.6. The normalized spacial score (nSPS) is 11.9. The van der Waals surface area contributed by atoms with E-state index in [0.29, 0.717) is 30.1 Å². The predicted molar refractivity (Wildman–Crippen MR) is 73.0 cm³/mol. The molecule has 0 fully saturated rings. The Morgan fingerprint density at radius 1 is 1.37 bits per heavy atom. The third-order valence-electron chi connectivity index (χ3n) is 2.79. The summed E-state index contributed by atoms with van der Waals surface area (Å²) in [5.74, 6) is 0.836. The molecule has 1 unspecified atom stereocenters. The van der Waals surface area contributed by atoms with Crippen LogP contribution in [0, 0.1) is 5.82 Å². The Morgan fingerprint density at radius 3 is 2.79 bits per heavy atom. The van der Waals surface area contributed by atoms with Crippen LogP contribution in [-0.2, 0) is 12.8 Å². The summed E-state index contributed by atoms with van der Waals surface area (Å²) < 4.78 is 18.6. The van der Waals surface area contributed by atoms with Crippen molar-refractivity contribution in [3.05, 3.63) is 47.4 Å². The third-order valence-corrected chi connectivity index (χ3v) is 2.79. The highest BCUT2D eigenvalue weighted by molar-refractivity contribution is 5.85. The van der Waals surface area contributed by atoms with Crippen LogP contribution in [0.5, 0.6) is 0 Å². The Morgan fingerprint density at radius 2 is 2.11 bits per heavy atom. The molecule has 6 heteroatoms. The van der Waals surface area contributed by atoms with Crippen molar-refractivity contribution >= 4 is 12.4 Å². The average molecular weight is 286 g/mol. The van der Waals surface area contributed by atoms with Crippen LogP contribution in [-0.4, -0.2) is 23.2 Å². The van der Waals surface area contributed by atoms with Crippen molar-refractivity contribution in [1.82, 2.24) is 15.5 Å². The molecule has 0 aliphatic rings. The molecule has 0 aliphatic heterocycles. The maximum absolute atomic E-state index is 13.4. The lowest BCUT2D eigenvalue weighted by molar-refractivity contribution is 0.376. The first-order valence-electron chi connectivity index (χ1n) is 5.91. The Balaban J connectivity index is 0.00000180. The lowest BCUT2D eigenvalue weighted by Gasteiger charge is -2.04. The number of halogens is 2. The first-order valence-corrected chi connectivity index (χ1v) is 5.91. The molecule has 0 aliphatic carbocycles. The number of rotatable bonds is 5. The van der Waals surface area contributed by atoms with E-state index in [0.717, 1.165) is 0 Å². The van der Waals surface area contributed by atoms with Gasteiger partial charge in [0.1, 0.15) is 5.82 Å². The summed E-state index contributed by atoms with van der Waals surface area (Å²) in [6.45, 7) is 2.03. The lowest BCUT2D eigenvalue weighted by Crippen LogP contribution is -2.24. The predicted octanol–water partition coefficient (Wildman–Crippen LogP) is 2.37. The Hall–Kier alpha value is -1.46. The molecule has 1 heterocycles. The molecular weight excluding hydrogens is 269 g/mol. The number of hydrogen-bond donors (Lipinski definition) is 1. The van der Waals surface area contributed by atoms with Crippen LogP contribution in [0.2, 0.25) is 0 Å². The molecule has 1 aromatic heterocycles. The van der Waals surface area contributed by atoms with Crippen molar-refractivity contribution < 1.29 is 8.91 Å². The summed E-state index contributed by atoms with van der Waals surface area (Å²) in [4.78, 5) is 4.25. The molecular formula is C13H17ClFN3O. The van der Waals surface area contributed by atoms with Gasteiger partial charge in [0.15, 0.2) is 5.82 Å².